The Morgan fingerprint density at radius 3 is 2.20 bits per heavy atom. The standard InChI is InChI=1S/C22H15ClN4O3/c23-16-8-12-18(13-9-16)27-20(14-4-2-1-3-5-14)25-19(26-27)21(28)24-17-10-6-15(7-11-17)22(29)30/h1-13H,(H,24,28)(H,29,30). The van der Waals surface area contributed by atoms with E-state index in [-0.39, 0.29) is 11.4 Å². The minimum Gasteiger partial charge on any atom is -0.478 e. The molecule has 148 valence electrons. The topological polar surface area (TPSA) is 97.1 Å². The molecule has 0 unspecified atom stereocenters. The molecule has 0 fully saturated rings. The lowest BCUT2D eigenvalue weighted by molar-refractivity contribution is 0.0696. The Labute approximate surface area is 176 Å². The van der Waals surface area contributed by atoms with Crippen LogP contribution in [0.3, 0.4) is 0 Å². The van der Waals surface area contributed by atoms with Crippen LogP contribution >= 0.6 is 11.6 Å². The zero-order valence-electron chi connectivity index (χ0n) is 15.5. The Morgan fingerprint density at radius 2 is 1.57 bits per heavy atom. The van der Waals surface area contributed by atoms with Crippen LogP contribution in [0.25, 0.3) is 17.1 Å². The first-order chi connectivity index (χ1) is 14.5. The molecule has 0 bridgehead atoms. The number of rotatable bonds is 5. The summed E-state index contributed by atoms with van der Waals surface area (Å²) in [6.07, 6.45) is 0. The molecule has 1 aromatic heterocycles. The third-order valence-corrected chi connectivity index (χ3v) is 4.56. The summed E-state index contributed by atoms with van der Waals surface area (Å²) in [6.45, 7) is 0. The molecule has 4 rings (SSSR count). The molecule has 0 aliphatic carbocycles. The second-order valence-electron chi connectivity index (χ2n) is 6.35. The van der Waals surface area contributed by atoms with Crippen LogP contribution in [0.1, 0.15) is 21.0 Å². The molecule has 0 saturated heterocycles. The van der Waals surface area contributed by atoms with E-state index in [4.69, 9.17) is 16.7 Å². The Balaban J connectivity index is 1.69. The lowest BCUT2D eigenvalue weighted by atomic mass is 10.2. The van der Waals surface area contributed by atoms with Crippen LogP contribution in [0, 0.1) is 0 Å². The maximum absolute atomic E-state index is 12.7. The fourth-order valence-electron chi connectivity index (χ4n) is 2.83. The van der Waals surface area contributed by atoms with E-state index in [0.717, 1.165) is 5.56 Å². The molecule has 1 amide bonds. The summed E-state index contributed by atoms with van der Waals surface area (Å²) in [4.78, 5) is 28.1. The number of hydrogen-bond acceptors (Lipinski definition) is 4. The first-order valence-electron chi connectivity index (χ1n) is 8.94. The highest BCUT2D eigenvalue weighted by Crippen LogP contribution is 2.22. The number of aromatic carboxylic acids is 1. The van der Waals surface area contributed by atoms with Gasteiger partial charge in [-0.1, -0.05) is 41.9 Å². The highest BCUT2D eigenvalue weighted by Gasteiger charge is 2.19. The van der Waals surface area contributed by atoms with Gasteiger partial charge in [0, 0.05) is 16.3 Å². The van der Waals surface area contributed by atoms with Gasteiger partial charge in [0.25, 0.3) is 5.91 Å². The molecule has 0 spiro atoms. The van der Waals surface area contributed by atoms with Crippen LogP contribution in [0.15, 0.2) is 78.9 Å². The van der Waals surface area contributed by atoms with Crippen LogP contribution in [0.2, 0.25) is 5.02 Å². The third-order valence-electron chi connectivity index (χ3n) is 4.30. The van der Waals surface area contributed by atoms with Gasteiger partial charge in [-0.3, -0.25) is 4.79 Å². The van der Waals surface area contributed by atoms with E-state index >= 15 is 0 Å². The molecule has 0 atom stereocenters. The van der Waals surface area contributed by atoms with Gasteiger partial charge in [0.1, 0.15) is 0 Å². The predicted octanol–water partition coefficient (Wildman–Crippen LogP) is 4.54. The smallest absolute Gasteiger partial charge is 0.335 e. The average molecular weight is 419 g/mol. The van der Waals surface area contributed by atoms with Crippen molar-refractivity contribution in [2.75, 3.05) is 5.32 Å². The number of halogens is 1. The summed E-state index contributed by atoms with van der Waals surface area (Å²) in [5.41, 5.74) is 2.07. The molecular formula is C22H15ClN4O3. The number of carboxylic acid groups (broad SMARTS) is 1. The molecule has 0 radical (unpaired) electrons. The van der Waals surface area contributed by atoms with Crippen molar-refractivity contribution in [2.45, 2.75) is 0 Å². The van der Waals surface area contributed by atoms with E-state index in [1.54, 1.807) is 28.9 Å². The van der Waals surface area contributed by atoms with Crippen LogP contribution in [-0.4, -0.2) is 31.7 Å². The second-order valence-corrected chi connectivity index (χ2v) is 6.79. The summed E-state index contributed by atoms with van der Waals surface area (Å²) in [7, 11) is 0. The minimum atomic E-state index is -1.04. The largest absolute Gasteiger partial charge is 0.478 e. The fraction of sp³-hybridized carbons (Fsp3) is 0. The average Bonchev–Trinajstić information content (AvgIpc) is 3.21. The van der Waals surface area contributed by atoms with Crippen molar-refractivity contribution in [2.24, 2.45) is 0 Å². The van der Waals surface area contributed by atoms with E-state index in [9.17, 15) is 9.59 Å². The van der Waals surface area contributed by atoms with Crippen molar-refractivity contribution in [3.8, 4) is 17.1 Å². The van der Waals surface area contributed by atoms with Crippen LogP contribution in [0.4, 0.5) is 5.69 Å². The second kappa shape index (κ2) is 8.18. The van der Waals surface area contributed by atoms with Crippen molar-refractivity contribution in [3.63, 3.8) is 0 Å². The van der Waals surface area contributed by atoms with Crippen molar-refractivity contribution in [1.82, 2.24) is 14.8 Å². The molecule has 8 heteroatoms. The monoisotopic (exact) mass is 418 g/mol. The summed E-state index contributed by atoms with van der Waals surface area (Å²) in [5.74, 6) is -1.07. The maximum atomic E-state index is 12.7. The number of carbonyl (C=O) groups is 2. The number of amides is 1. The number of nitrogens with one attached hydrogen (secondary N) is 1. The van der Waals surface area contributed by atoms with Gasteiger partial charge >= 0.3 is 5.97 Å². The van der Waals surface area contributed by atoms with Crippen LogP contribution in [-0.2, 0) is 0 Å². The molecule has 2 N–H and O–H groups in total. The van der Waals surface area contributed by atoms with E-state index < -0.39 is 11.9 Å². The molecule has 1 heterocycles. The Morgan fingerprint density at radius 1 is 0.900 bits per heavy atom. The number of anilines is 1. The van der Waals surface area contributed by atoms with Crippen molar-refractivity contribution >= 4 is 29.2 Å². The predicted molar refractivity (Wildman–Crippen MR) is 113 cm³/mol. The zero-order chi connectivity index (χ0) is 21.1. The summed E-state index contributed by atoms with van der Waals surface area (Å²) < 4.78 is 1.58. The van der Waals surface area contributed by atoms with Gasteiger partial charge in [-0.25, -0.2) is 14.5 Å². The number of aromatic nitrogens is 3. The fourth-order valence-corrected chi connectivity index (χ4v) is 2.95. The first-order valence-corrected chi connectivity index (χ1v) is 9.32. The zero-order valence-corrected chi connectivity index (χ0v) is 16.2. The van der Waals surface area contributed by atoms with Gasteiger partial charge in [0.2, 0.25) is 5.82 Å². The summed E-state index contributed by atoms with van der Waals surface area (Å²) in [6, 6.07) is 22.3. The van der Waals surface area contributed by atoms with Gasteiger partial charge < -0.3 is 10.4 Å². The normalized spacial score (nSPS) is 10.6. The SMILES string of the molecule is O=C(O)c1ccc(NC(=O)c2nc(-c3ccccc3)n(-c3ccc(Cl)cc3)n2)cc1. The highest BCUT2D eigenvalue weighted by molar-refractivity contribution is 6.30. The molecule has 0 saturated carbocycles. The third kappa shape index (κ3) is 4.06. The molecule has 3 aromatic carbocycles. The number of carboxylic acids is 1. The number of carbonyl (C=O) groups excluding carboxylic acids is 1. The molecular weight excluding hydrogens is 404 g/mol. The molecule has 0 aliphatic rings. The van der Waals surface area contributed by atoms with Crippen molar-refractivity contribution in [1.29, 1.82) is 0 Å². The lowest BCUT2D eigenvalue weighted by Crippen LogP contribution is -2.14. The van der Waals surface area contributed by atoms with Gasteiger partial charge in [-0.05, 0) is 48.5 Å². The maximum Gasteiger partial charge on any atom is 0.335 e. The van der Waals surface area contributed by atoms with Crippen molar-refractivity contribution < 1.29 is 14.7 Å². The number of hydrogen-bond donors (Lipinski definition) is 2. The van der Waals surface area contributed by atoms with E-state index in [0.29, 0.717) is 22.2 Å². The van der Waals surface area contributed by atoms with E-state index in [1.165, 1.54) is 24.3 Å². The first kappa shape index (κ1) is 19.4. The van der Waals surface area contributed by atoms with E-state index in [2.05, 4.69) is 15.4 Å². The molecule has 0 aliphatic heterocycles. The lowest BCUT2D eigenvalue weighted by Gasteiger charge is -2.05. The van der Waals surface area contributed by atoms with Crippen LogP contribution < -0.4 is 5.32 Å². The summed E-state index contributed by atoms with van der Waals surface area (Å²) in [5, 5.41) is 16.6. The van der Waals surface area contributed by atoms with Gasteiger partial charge in [-0.15, -0.1) is 5.10 Å². The van der Waals surface area contributed by atoms with Gasteiger partial charge in [0.15, 0.2) is 5.82 Å². The Hall–Kier alpha value is -3.97. The Kier molecular flexibility index (Phi) is 5.28. The molecule has 30 heavy (non-hydrogen) atoms. The van der Waals surface area contributed by atoms with Gasteiger partial charge in [-0.2, -0.15) is 0 Å². The Bertz CT molecular complexity index is 1200. The van der Waals surface area contributed by atoms with E-state index in [1.807, 2.05) is 30.3 Å². The van der Waals surface area contributed by atoms with Crippen LogP contribution in [0.5, 0.6) is 0 Å². The quantitative estimate of drug-likeness (QED) is 0.496. The van der Waals surface area contributed by atoms with Gasteiger partial charge in [0.05, 0.1) is 11.3 Å². The molecule has 4 aromatic rings. The minimum absolute atomic E-state index is 0.0221. The highest BCUT2D eigenvalue weighted by atomic mass is 35.5. The number of benzene rings is 3. The van der Waals surface area contributed by atoms with Crippen molar-refractivity contribution in [3.05, 3.63) is 95.3 Å². The number of nitrogens with zero attached hydrogens (tertiary/aromatic N) is 3. The molecule has 7 nitrogen and oxygen atoms in total. The summed E-state index contributed by atoms with van der Waals surface area (Å²) >= 11 is 5.99.